The van der Waals surface area contributed by atoms with Gasteiger partial charge in [0.15, 0.2) is 5.65 Å². The van der Waals surface area contributed by atoms with E-state index in [2.05, 4.69) is 15.1 Å². The summed E-state index contributed by atoms with van der Waals surface area (Å²) in [6.07, 6.45) is 5.71. The summed E-state index contributed by atoms with van der Waals surface area (Å²) in [5.41, 5.74) is 2.28. The van der Waals surface area contributed by atoms with E-state index in [4.69, 9.17) is 9.47 Å². The summed E-state index contributed by atoms with van der Waals surface area (Å²) in [4.78, 5) is 8.48. The summed E-state index contributed by atoms with van der Waals surface area (Å²) in [6, 6.07) is 5.62. The maximum Gasteiger partial charge on any atom is 0.172 e. The van der Waals surface area contributed by atoms with E-state index in [1.807, 2.05) is 31.3 Å². The molecule has 3 rings (SSSR count). The Morgan fingerprint density at radius 2 is 2.20 bits per heavy atom. The van der Waals surface area contributed by atoms with Crippen LogP contribution in [0.3, 0.4) is 0 Å². The molecule has 1 unspecified atom stereocenters. The van der Waals surface area contributed by atoms with Gasteiger partial charge >= 0.3 is 0 Å². The molecule has 0 bridgehead atoms. The molecular formula is C17H20N4O3S. The normalized spacial score (nSPS) is 12.3. The molecule has 0 radical (unpaired) electrons. The van der Waals surface area contributed by atoms with Crippen molar-refractivity contribution in [2.45, 2.75) is 13.3 Å². The van der Waals surface area contributed by atoms with Gasteiger partial charge in [-0.25, -0.2) is 14.5 Å². The van der Waals surface area contributed by atoms with E-state index in [1.54, 1.807) is 17.8 Å². The molecule has 0 aliphatic carbocycles. The molecule has 0 saturated heterocycles. The monoisotopic (exact) mass is 360 g/mol. The molecule has 0 aliphatic rings. The quantitative estimate of drug-likeness (QED) is 0.453. The van der Waals surface area contributed by atoms with Gasteiger partial charge in [0.25, 0.3) is 0 Å². The third-order valence-electron chi connectivity index (χ3n) is 3.70. The van der Waals surface area contributed by atoms with Gasteiger partial charge in [-0.2, -0.15) is 5.10 Å². The Morgan fingerprint density at radius 1 is 1.32 bits per heavy atom. The van der Waals surface area contributed by atoms with E-state index < -0.39 is 11.2 Å². The van der Waals surface area contributed by atoms with Crippen LogP contribution in [-0.2, 0) is 11.2 Å². The number of hydrogen-bond acceptors (Lipinski definition) is 6. The molecule has 0 saturated carbocycles. The van der Waals surface area contributed by atoms with Crippen LogP contribution in [0.2, 0.25) is 0 Å². The molecule has 0 amide bonds. The molecule has 0 spiro atoms. The Kier molecular flexibility index (Phi) is 5.72. The second-order valence-corrected chi connectivity index (χ2v) is 7.20. The summed E-state index contributed by atoms with van der Waals surface area (Å²) < 4.78 is 24.3. The topological polar surface area (TPSA) is 84.6 Å². The summed E-state index contributed by atoms with van der Waals surface area (Å²) in [7, 11) is 1.61. The predicted octanol–water partition coefficient (Wildman–Crippen LogP) is 2.34. The molecule has 132 valence electrons. The number of ether oxygens (including phenoxy) is 2. The van der Waals surface area contributed by atoms with Gasteiger partial charge in [-0.05, 0) is 19.1 Å². The first-order chi connectivity index (χ1) is 12.2. The van der Waals surface area contributed by atoms with Crippen LogP contribution < -0.4 is 9.47 Å². The number of imidazole rings is 1. The summed E-state index contributed by atoms with van der Waals surface area (Å²) in [5.74, 6) is 2.73. The predicted molar refractivity (Wildman–Crippen MR) is 96.4 cm³/mol. The SMILES string of the molecule is CC[S+]([O-])CCCOc1ccc(-c2cn3ncncc3n2)c(OC)c1. The van der Waals surface area contributed by atoms with Crippen LogP contribution in [-0.4, -0.2) is 49.4 Å². The smallest absolute Gasteiger partial charge is 0.172 e. The highest BCUT2D eigenvalue weighted by atomic mass is 32.2. The van der Waals surface area contributed by atoms with Crippen LogP contribution in [0, 0.1) is 0 Å². The van der Waals surface area contributed by atoms with E-state index >= 15 is 0 Å². The largest absolute Gasteiger partial charge is 0.616 e. The lowest BCUT2D eigenvalue weighted by Crippen LogP contribution is -2.11. The Bertz CT molecular complexity index is 807. The minimum Gasteiger partial charge on any atom is -0.616 e. The Hall–Kier alpha value is -2.32. The first kappa shape index (κ1) is 17.5. The van der Waals surface area contributed by atoms with Crippen molar-refractivity contribution in [1.29, 1.82) is 0 Å². The minimum absolute atomic E-state index is 0.526. The molecule has 1 aromatic carbocycles. The zero-order chi connectivity index (χ0) is 17.6. The molecule has 1 atom stereocenters. The number of fused-ring (bicyclic) bond motifs is 1. The van der Waals surface area contributed by atoms with E-state index in [0.717, 1.165) is 17.7 Å². The van der Waals surface area contributed by atoms with Crippen molar-refractivity contribution in [3.63, 3.8) is 0 Å². The van der Waals surface area contributed by atoms with Crippen LogP contribution in [0.1, 0.15) is 13.3 Å². The summed E-state index contributed by atoms with van der Waals surface area (Å²) in [5, 5.41) is 4.12. The molecule has 7 nitrogen and oxygen atoms in total. The second-order valence-electron chi connectivity index (χ2n) is 5.33. The van der Waals surface area contributed by atoms with Crippen LogP contribution in [0.4, 0.5) is 0 Å². The van der Waals surface area contributed by atoms with Crippen LogP contribution in [0.15, 0.2) is 36.9 Å². The van der Waals surface area contributed by atoms with Gasteiger partial charge in [0.2, 0.25) is 0 Å². The van der Waals surface area contributed by atoms with Gasteiger partial charge in [-0.15, -0.1) is 0 Å². The van der Waals surface area contributed by atoms with Crippen molar-refractivity contribution in [3.8, 4) is 22.8 Å². The van der Waals surface area contributed by atoms with E-state index in [1.165, 1.54) is 6.33 Å². The zero-order valence-corrected chi connectivity index (χ0v) is 15.0. The second kappa shape index (κ2) is 8.17. The van der Waals surface area contributed by atoms with Crippen molar-refractivity contribution in [2.75, 3.05) is 25.2 Å². The molecule has 25 heavy (non-hydrogen) atoms. The van der Waals surface area contributed by atoms with Crippen molar-refractivity contribution >= 4 is 16.8 Å². The maximum atomic E-state index is 11.4. The lowest BCUT2D eigenvalue weighted by Gasteiger charge is -2.11. The molecular weight excluding hydrogens is 340 g/mol. The third kappa shape index (κ3) is 4.21. The zero-order valence-electron chi connectivity index (χ0n) is 14.2. The molecule has 0 aliphatic heterocycles. The fourth-order valence-corrected chi connectivity index (χ4v) is 3.14. The van der Waals surface area contributed by atoms with Gasteiger partial charge in [-0.3, -0.25) is 0 Å². The van der Waals surface area contributed by atoms with Crippen LogP contribution in [0.25, 0.3) is 16.9 Å². The van der Waals surface area contributed by atoms with Crippen molar-refractivity contribution < 1.29 is 14.0 Å². The summed E-state index contributed by atoms with van der Waals surface area (Å²) in [6.45, 7) is 2.45. The average Bonchev–Trinajstić information content (AvgIpc) is 3.08. The molecule has 0 fully saturated rings. The van der Waals surface area contributed by atoms with Gasteiger partial charge < -0.3 is 14.0 Å². The molecule has 0 N–H and O–H groups in total. The Balaban J connectivity index is 1.73. The first-order valence-electron chi connectivity index (χ1n) is 8.03. The first-order valence-corrected chi connectivity index (χ1v) is 9.51. The third-order valence-corrected chi connectivity index (χ3v) is 5.09. The molecule has 2 aromatic heterocycles. The number of rotatable bonds is 8. The van der Waals surface area contributed by atoms with Crippen molar-refractivity contribution in [2.24, 2.45) is 0 Å². The number of methoxy groups -OCH3 is 1. The highest BCUT2D eigenvalue weighted by Gasteiger charge is 2.12. The van der Waals surface area contributed by atoms with Crippen LogP contribution >= 0.6 is 0 Å². The average molecular weight is 360 g/mol. The number of aromatic nitrogens is 4. The Labute approximate surface area is 149 Å². The molecule has 2 heterocycles. The highest BCUT2D eigenvalue weighted by Crippen LogP contribution is 2.32. The number of hydrogen-bond donors (Lipinski definition) is 0. The van der Waals surface area contributed by atoms with Crippen molar-refractivity contribution in [3.05, 3.63) is 36.9 Å². The standard InChI is InChI=1S/C17H20N4O3S/c1-3-25(22)8-4-7-24-13-5-6-14(16(9-13)23-2)15-11-21-17(20-15)10-18-12-19-21/h5-6,9-12H,3-4,7-8H2,1-2H3. The number of nitrogens with zero attached hydrogens (tertiary/aromatic N) is 4. The van der Waals surface area contributed by atoms with E-state index in [0.29, 0.717) is 35.3 Å². The maximum absolute atomic E-state index is 11.4. The van der Waals surface area contributed by atoms with Gasteiger partial charge in [0.05, 0.1) is 31.8 Å². The fourth-order valence-electron chi connectivity index (χ4n) is 2.41. The highest BCUT2D eigenvalue weighted by molar-refractivity contribution is 7.91. The van der Waals surface area contributed by atoms with Gasteiger partial charge in [0, 0.05) is 18.1 Å². The fraction of sp³-hybridized carbons (Fsp3) is 0.353. The molecule has 8 heteroatoms. The van der Waals surface area contributed by atoms with Crippen LogP contribution in [0.5, 0.6) is 11.5 Å². The minimum atomic E-state index is -0.754. The van der Waals surface area contributed by atoms with E-state index in [9.17, 15) is 4.55 Å². The van der Waals surface area contributed by atoms with Crippen molar-refractivity contribution in [1.82, 2.24) is 19.6 Å². The lowest BCUT2D eigenvalue weighted by atomic mass is 10.1. The van der Waals surface area contributed by atoms with Gasteiger partial charge in [-0.1, -0.05) is 11.2 Å². The van der Waals surface area contributed by atoms with Gasteiger partial charge in [0.1, 0.15) is 29.3 Å². The number of benzene rings is 1. The summed E-state index contributed by atoms with van der Waals surface area (Å²) >= 11 is -0.754. The van der Waals surface area contributed by atoms with E-state index in [-0.39, 0.29) is 0 Å². The lowest BCUT2D eigenvalue weighted by molar-refractivity contribution is 0.315. The molecule has 3 aromatic rings. The Morgan fingerprint density at radius 3 is 2.96 bits per heavy atom.